The summed E-state index contributed by atoms with van der Waals surface area (Å²) in [7, 11) is 0. The van der Waals surface area contributed by atoms with Gasteiger partial charge in [-0.15, -0.1) is 10.2 Å². The van der Waals surface area contributed by atoms with Gasteiger partial charge in [0.15, 0.2) is 11.0 Å². The smallest absolute Gasteiger partial charge is 0.251 e. The van der Waals surface area contributed by atoms with E-state index in [-0.39, 0.29) is 5.91 Å². The number of hydrogen-bond acceptors (Lipinski definition) is 5. The first kappa shape index (κ1) is 20.9. The van der Waals surface area contributed by atoms with Gasteiger partial charge in [0.2, 0.25) is 0 Å². The zero-order valence-electron chi connectivity index (χ0n) is 17.5. The standard InChI is InChI=1S/C24H24N4O2S/c1-3-28-22(19-11-9-17(2)10-12-19)26-27-24(28)31-16-18-6-4-7-20(14-18)23(29)25-15-21-8-5-13-30-21/h4-14H,3,15-16H2,1-2H3,(H,25,29). The molecule has 0 saturated heterocycles. The summed E-state index contributed by atoms with van der Waals surface area (Å²) in [6, 6.07) is 19.6. The van der Waals surface area contributed by atoms with Crippen molar-refractivity contribution in [3.63, 3.8) is 0 Å². The minimum atomic E-state index is -0.123. The maximum atomic E-state index is 12.5. The van der Waals surface area contributed by atoms with Gasteiger partial charge in [0.1, 0.15) is 5.76 Å². The third kappa shape index (κ3) is 5.06. The lowest BCUT2D eigenvalue weighted by atomic mass is 10.1. The lowest BCUT2D eigenvalue weighted by Gasteiger charge is -2.08. The van der Waals surface area contributed by atoms with Gasteiger partial charge in [-0.3, -0.25) is 4.79 Å². The van der Waals surface area contributed by atoms with Crippen molar-refractivity contribution in [3.05, 3.63) is 89.4 Å². The number of thioether (sulfide) groups is 1. The van der Waals surface area contributed by atoms with Gasteiger partial charge < -0.3 is 14.3 Å². The summed E-state index contributed by atoms with van der Waals surface area (Å²) in [4.78, 5) is 12.5. The Labute approximate surface area is 185 Å². The molecule has 0 radical (unpaired) electrons. The summed E-state index contributed by atoms with van der Waals surface area (Å²) in [5, 5.41) is 12.6. The van der Waals surface area contributed by atoms with Crippen LogP contribution in [0.4, 0.5) is 0 Å². The first-order valence-electron chi connectivity index (χ1n) is 10.2. The summed E-state index contributed by atoms with van der Waals surface area (Å²) in [5.41, 5.74) is 3.95. The molecule has 2 aromatic carbocycles. The molecule has 0 spiro atoms. The Morgan fingerprint density at radius 3 is 2.68 bits per heavy atom. The van der Waals surface area contributed by atoms with Crippen LogP contribution in [0, 0.1) is 6.92 Å². The maximum Gasteiger partial charge on any atom is 0.251 e. The van der Waals surface area contributed by atoms with Gasteiger partial charge in [0.25, 0.3) is 5.91 Å². The van der Waals surface area contributed by atoms with Gasteiger partial charge in [0, 0.05) is 23.4 Å². The van der Waals surface area contributed by atoms with Crippen molar-refractivity contribution in [2.24, 2.45) is 0 Å². The van der Waals surface area contributed by atoms with E-state index in [0.717, 1.165) is 34.4 Å². The van der Waals surface area contributed by atoms with Crippen molar-refractivity contribution in [1.82, 2.24) is 20.1 Å². The molecule has 0 atom stereocenters. The van der Waals surface area contributed by atoms with Gasteiger partial charge >= 0.3 is 0 Å². The minimum Gasteiger partial charge on any atom is -0.467 e. The Hall–Kier alpha value is -3.32. The number of nitrogens with one attached hydrogen (secondary N) is 1. The van der Waals surface area contributed by atoms with Crippen LogP contribution < -0.4 is 5.32 Å². The van der Waals surface area contributed by atoms with Crippen LogP contribution in [0.15, 0.2) is 76.5 Å². The molecule has 6 nitrogen and oxygen atoms in total. The molecule has 4 aromatic rings. The van der Waals surface area contributed by atoms with Crippen molar-refractivity contribution in [3.8, 4) is 11.4 Å². The highest BCUT2D eigenvalue weighted by Crippen LogP contribution is 2.26. The molecule has 7 heteroatoms. The predicted octanol–water partition coefficient (Wildman–Crippen LogP) is 5.09. The third-order valence-corrected chi connectivity index (χ3v) is 5.94. The van der Waals surface area contributed by atoms with Crippen molar-refractivity contribution in [2.45, 2.75) is 37.8 Å². The average Bonchev–Trinajstić information content (AvgIpc) is 3.46. The van der Waals surface area contributed by atoms with Crippen LogP contribution in [-0.4, -0.2) is 20.7 Å². The lowest BCUT2D eigenvalue weighted by Crippen LogP contribution is -2.22. The van der Waals surface area contributed by atoms with E-state index in [1.807, 2.05) is 30.3 Å². The fourth-order valence-electron chi connectivity index (χ4n) is 3.23. The summed E-state index contributed by atoms with van der Waals surface area (Å²) >= 11 is 1.62. The predicted molar refractivity (Wildman–Crippen MR) is 122 cm³/mol. The molecular weight excluding hydrogens is 408 g/mol. The third-order valence-electron chi connectivity index (χ3n) is 4.90. The average molecular weight is 433 g/mol. The molecule has 0 unspecified atom stereocenters. The Morgan fingerprint density at radius 2 is 1.94 bits per heavy atom. The van der Waals surface area contributed by atoms with Crippen LogP contribution in [-0.2, 0) is 18.8 Å². The van der Waals surface area contributed by atoms with E-state index >= 15 is 0 Å². The number of aromatic nitrogens is 3. The van der Waals surface area contributed by atoms with Crippen LogP contribution in [0.25, 0.3) is 11.4 Å². The number of hydrogen-bond donors (Lipinski definition) is 1. The van der Waals surface area contributed by atoms with E-state index in [9.17, 15) is 4.79 Å². The highest BCUT2D eigenvalue weighted by molar-refractivity contribution is 7.98. The molecule has 2 heterocycles. The largest absolute Gasteiger partial charge is 0.467 e. The quantitative estimate of drug-likeness (QED) is 0.393. The molecule has 31 heavy (non-hydrogen) atoms. The molecule has 0 saturated carbocycles. The zero-order chi connectivity index (χ0) is 21.6. The number of benzene rings is 2. The van der Waals surface area contributed by atoms with Crippen molar-refractivity contribution >= 4 is 17.7 Å². The van der Waals surface area contributed by atoms with Gasteiger partial charge in [-0.1, -0.05) is 53.7 Å². The van der Waals surface area contributed by atoms with Crippen molar-refractivity contribution in [1.29, 1.82) is 0 Å². The highest BCUT2D eigenvalue weighted by atomic mass is 32.2. The Morgan fingerprint density at radius 1 is 1.10 bits per heavy atom. The van der Waals surface area contributed by atoms with Crippen LogP contribution in [0.1, 0.15) is 34.2 Å². The molecule has 0 aliphatic heterocycles. The summed E-state index contributed by atoms with van der Waals surface area (Å²) < 4.78 is 7.38. The van der Waals surface area contributed by atoms with Gasteiger partial charge in [0.05, 0.1) is 12.8 Å². The molecule has 0 aliphatic carbocycles. The van der Waals surface area contributed by atoms with Crippen LogP contribution in [0.5, 0.6) is 0 Å². The first-order valence-corrected chi connectivity index (χ1v) is 11.1. The van der Waals surface area contributed by atoms with E-state index in [2.05, 4.69) is 58.2 Å². The van der Waals surface area contributed by atoms with Crippen molar-refractivity contribution < 1.29 is 9.21 Å². The molecule has 2 aromatic heterocycles. The van der Waals surface area contributed by atoms with Crippen LogP contribution in [0.3, 0.4) is 0 Å². The molecule has 4 rings (SSSR count). The second-order valence-corrected chi connectivity index (χ2v) is 8.11. The SMILES string of the molecule is CCn1c(SCc2cccc(C(=O)NCc3ccco3)c2)nnc1-c1ccc(C)cc1. The number of nitrogens with zero attached hydrogens (tertiary/aromatic N) is 3. The number of rotatable bonds is 8. The number of carbonyl (C=O) groups excluding carboxylic acids is 1. The maximum absolute atomic E-state index is 12.5. The molecule has 1 N–H and O–H groups in total. The summed E-state index contributed by atoms with van der Waals surface area (Å²) in [5.74, 6) is 2.17. The normalized spacial score (nSPS) is 10.9. The Balaban J connectivity index is 1.43. The van der Waals surface area contributed by atoms with E-state index < -0.39 is 0 Å². The van der Waals surface area contributed by atoms with Crippen LogP contribution in [0.2, 0.25) is 0 Å². The van der Waals surface area contributed by atoms with Gasteiger partial charge in [-0.05, 0) is 43.7 Å². The molecular formula is C24H24N4O2S. The topological polar surface area (TPSA) is 73.0 Å². The summed E-state index contributed by atoms with van der Waals surface area (Å²) in [6.07, 6.45) is 1.60. The molecule has 1 amide bonds. The van der Waals surface area contributed by atoms with Gasteiger partial charge in [-0.2, -0.15) is 0 Å². The van der Waals surface area contributed by atoms with E-state index in [4.69, 9.17) is 4.42 Å². The zero-order valence-corrected chi connectivity index (χ0v) is 18.4. The fraction of sp³-hybridized carbons (Fsp3) is 0.208. The molecule has 158 valence electrons. The Kier molecular flexibility index (Phi) is 6.52. The number of furan rings is 1. The number of aryl methyl sites for hydroxylation is 1. The molecule has 0 fully saturated rings. The summed E-state index contributed by atoms with van der Waals surface area (Å²) in [6.45, 7) is 5.32. The van der Waals surface area contributed by atoms with Crippen LogP contribution >= 0.6 is 11.8 Å². The second kappa shape index (κ2) is 9.66. The second-order valence-electron chi connectivity index (χ2n) is 7.17. The number of amides is 1. The minimum absolute atomic E-state index is 0.123. The van der Waals surface area contributed by atoms with E-state index in [0.29, 0.717) is 17.9 Å². The monoisotopic (exact) mass is 432 g/mol. The van der Waals surface area contributed by atoms with E-state index in [1.54, 1.807) is 24.1 Å². The molecule has 0 aliphatic rings. The molecule has 0 bridgehead atoms. The first-order chi connectivity index (χ1) is 15.1. The fourth-order valence-corrected chi connectivity index (χ4v) is 4.17. The highest BCUT2D eigenvalue weighted by Gasteiger charge is 2.14. The Bertz CT molecular complexity index is 1150. The van der Waals surface area contributed by atoms with E-state index in [1.165, 1.54) is 5.56 Å². The number of carbonyl (C=O) groups is 1. The lowest BCUT2D eigenvalue weighted by molar-refractivity contribution is 0.0948. The van der Waals surface area contributed by atoms with Gasteiger partial charge in [-0.25, -0.2) is 0 Å². The van der Waals surface area contributed by atoms with Crippen molar-refractivity contribution in [2.75, 3.05) is 0 Å².